The Bertz CT molecular complexity index is 3650. The number of aryl methyl sites for hydroxylation is 1. The first-order chi connectivity index (χ1) is 32.4. The Kier molecular flexibility index (Phi) is 7.89. The zero-order valence-electron chi connectivity index (χ0n) is 37.6. The van der Waals surface area contributed by atoms with Crippen molar-refractivity contribution in [1.29, 1.82) is 0 Å². The molecule has 0 amide bonds. The minimum Gasteiger partial charge on any atom is -0.454 e. The summed E-state index contributed by atoms with van der Waals surface area (Å²) in [5.74, 6) is 0. The zero-order valence-corrected chi connectivity index (χ0v) is 37.6. The summed E-state index contributed by atoms with van der Waals surface area (Å²) in [5, 5.41) is 4.75. The first-order valence-corrected chi connectivity index (χ1v) is 23.8. The van der Waals surface area contributed by atoms with Gasteiger partial charge in [-0.1, -0.05) is 147 Å². The standard InChI is InChI=1S/C61H48BN3O/c1-39-35-54-57-55(36-39)65-58-49(60(2)33-11-12-34-61(60,65)3)27-16-28-51(58)62(57)50-32-31-44(38-53(50)64(54)52-29-15-26-48-47-24-9-10-30-56(47)66-59(48)52)63(42-20-5-4-6-21-42)43-22-13-19-41(37-43)46-25-14-18-40-17-7-8-23-45(40)46/h4-10,13-32,35-38H,11-12,33-34H2,1-3H3. The van der Waals surface area contributed by atoms with Gasteiger partial charge in [0, 0.05) is 56.0 Å². The Morgan fingerprint density at radius 1 is 0.545 bits per heavy atom. The maximum absolute atomic E-state index is 6.94. The Morgan fingerprint density at radius 3 is 2.17 bits per heavy atom. The molecule has 1 fully saturated rings. The van der Waals surface area contributed by atoms with Crippen molar-refractivity contribution in [1.82, 2.24) is 0 Å². The minimum absolute atomic E-state index is 0.0410. The van der Waals surface area contributed by atoms with Gasteiger partial charge in [-0.25, -0.2) is 0 Å². The molecule has 10 aromatic rings. The number of benzene rings is 9. The lowest BCUT2D eigenvalue weighted by Gasteiger charge is -2.52. The number of fused-ring (bicyclic) bond motifs is 11. The van der Waals surface area contributed by atoms with Crippen molar-refractivity contribution in [3.8, 4) is 11.1 Å². The number of hydrogen-bond acceptors (Lipinski definition) is 4. The summed E-state index contributed by atoms with van der Waals surface area (Å²) in [6, 6.07) is 69.9. The molecule has 66 heavy (non-hydrogen) atoms. The van der Waals surface area contributed by atoms with E-state index < -0.39 is 0 Å². The van der Waals surface area contributed by atoms with E-state index in [4.69, 9.17) is 4.42 Å². The molecule has 1 aromatic heterocycles. The van der Waals surface area contributed by atoms with Crippen LogP contribution in [0, 0.1) is 6.92 Å². The van der Waals surface area contributed by atoms with Gasteiger partial charge in [0.2, 0.25) is 0 Å². The second-order valence-corrected chi connectivity index (χ2v) is 19.6. The van der Waals surface area contributed by atoms with Crippen LogP contribution in [0.1, 0.15) is 50.7 Å². The number of nitrogens with zero attached hydrogens (tertiary/aromatic N) is 3. The monoisotopic (exact) mass is 849 g/mol. The molecule has 4 aliphatic rings. The van der Waals surface area contributed by atoms with Crippen molar-refractivity contribution in [2.75, 3.05) is 14.7 Å². The predicted octanol–water partition coefficient (Wildman–Crippen LogP) is 14.5. The van der Waals surface area contributed by atoms with Crippen LogP contribution in [0.2, 0.25) is 0 Å². The molecule has 1 aliphatic carbocycles. The number of rotatable bonds is 5. The van der Waals surface area contributed by atoms with Crippen LogP contribution in [0.4, 0.5) is 45.5 Å². The molecule has 14 rings (SSSR count). The SMILES string of the molecule is Cc1cc2c3c(c1)N1c4c(cccc4C4(C)CCCCC14C)B3c1ccc(N(c3ccccc3)c3cccc(-c4cccc5ccccc45)c3)cc1N2c1cccc2c1oc1ccccc12. The van der Waals surface area contributed by atoms with Crippen molar-refractivity contribution in [2.24, 2.45) is 0 Å². The van der Waals surface area contributed by atoms with Gasteiger partial charge in [0.1, 0.15) is 5.58 Å². The smallest absolute Gasteiger partial charge is 0.252 e. The fourth-order valence-corrected chi connectivity index (χ4v) is 13.0. The molecular weight excluding hydrogens is 802 g/mol. The van der Waals surface area contributed by atoms with Gasteiger partial charge in [0.05, 0.1) is 11.2 Å². The van der Waals surface area contributed by atoms with Crippen LogP contribution in [0.5, 0.6) is 0 Å². The minimum atomic E-state index is -0.0410. The van der Waals surface area contributed by atoms with Gasteiger partial charge in [0.15, 0.2) is 5.58 Å². The Hall–Kier alpha value is -7.50. The number of hydrogen-bond donors (Lipinski definition) is 0. The van der Waals surface area contributed by atoms with Crippen molar-refractivity contribution >= 4 is 101 Å². The lowest BCUT2D eigenvalue weighted by Crippen LogP contribution is -2.64. The maximum Gasteiger partial charge on any atom is 0.252 e. The topological polar surface area (TPSA) is 22.9 Å². The molecule has 2 unspecified atom stereocenters. The average Bonchev–Trinajstić information content (AvgIpc) is 3.84. The Labute approximate surface area is 386 Å². The van der Waals surface area contributed by atoms with Crippen molar-refractivity contribution in [3.63, 3.8) is 0 Å². The number of para-hydroxylation sites is 4. The third-order valence-corrected chi connectivity index (χ3v) is 16.2. The lowest BCUT2D eigenvalue weighted by atomic mass is 9.33. The second-order valence-electron chi connectivity index (χ2n) is 19.6. The Morgan fingerprint density at radius 2 is 1.26 bits per heavy atom. The fraction of sp³-hybridized carbons (Fsp3) is 0.148. The van der Waals surface area contributed by atoms with Crippen molar-refractivity contribution in [3.05, 3.63) is 199 Å². The molecular formula is C61H48BN3O. The van der Waals surface area contributed by atoms with Gasteiger partial charge in [-0.05, 0) is 137 Å². The molecule has 0 saturated heterocycles. The molecule has 0 radical (unpaired) electrons. The van der Waals surface area contributed by atoms with E-state index >= 15 is 0 Å². The van der Waals surface area contributed by atoms with Crippen molar-refractivity contribution < 1.29 is 4.42 Å². The van der Waals surface area contributed by atoms with Crippen molar-refractivity contribution in [2.45, 2.75) is 57.4 Å². The van der Waals surface area contributed by atoms with Crippen LogP contribution in [0.25, 0.3) is 43.8 Å². The van der Waals surface area contributed by atoms with Gasteiger partial charge in [-0.15, -0.1) is 0 Å². The summed E-state index contributed by atoms with van der Waals surface area (Å²) in [6.07, 6.45) is 4.89. The first kappa shape index (κ1) is 37.8. The molecule has 1 saturated carbocycles. The third kappa shape index (κ3) is 5.06. The highest BCUT2D eigenvalue weighted by Crippen LogP contribution is 2.62. The normalized spacial score (nSPS) is 18.9. The molecule has 4 heterocycles. The van der Waals surface area contributed by atoms with E-state index in [1.807, 2.05) is 0 Å². The van der Waals surface area contributed by atoms with Gasteiger partial charge < -0.3 is 19.1 Å². The molecule has 4 nitrogen and oxygen atoms in total. The van der Waals surface area contributed by atoms with Crippen LogP contribution >= 0.6 is 0 Å². The van der Waals surface area contributed by atoms with Crippen LogP contribution in [0.15, 0.2) is 192 Å². The summed E-state index contributed by atoms with van der Waals surface area (Å²) in [5.41, 5.74) is 20.6. The van der Waals surface area contributed by atoms with Gasteiger partial charge in [0.25, 0.3) is 6.71 Å². The average molecular weight is 850 g/mol. The van der Waals surface area contributed by atoms with E-state index in [-0.39, 0.29) is 17.7 Å². The molecule has 3 aliphatic heterocycles. The highest BCUT2D eigenvalue weighted by molar-refractivity contribution is 7.00. The van der Waals surface area contributed by atoms with Gasteiger partial charge in [-0.3, -0.25) is 0 Å². The van der Waals surface area contributed by atoms with Gasteiger partial charge >= 0.3 is 0 Å². The van der Waals surface area contributed by atoms with Gasteiger partial charge in [-0.2, -0.15) is 0 Å². The highest BCUT2D eigenvalue weighted by Gasteiger charge is 2.61. The van der Waals surface area contributed by atoms with E-state index in [9.17, 15) is 0 Å². The number of furan rings is 1. The van der Waals surface area contributed by atoms with Crippen LogP contribution in [-0.2, 0) is 5.41 Å². The predicted molar refractivity (Wildman–Crippen MR) is 278 cm³/mol. The summed E-state index contributed by atoms with van der Waals surface area (Å²) >= 11 is 0. The molecule has 0 bridgehead atoms. The molecule has 2 atom stereocenters. The molecule has 9 aromatic carbocycles. The van der Waals surface area contributed by atoms with Crippen LogP contribution < -0.4 is 31.1 Å². The highest BCUT2D eigenvalue weighted by atomic mass is 16.3. The van der Waals surface area contributed by atoms with E-state index in [0.717, 1.165) is 44.7 Å². The van der Waals surface area contributed by atoms with E-state index in [1.165, 1.54) is 97.8 Å². The van der Waals surface area contributed by atoms with E-state index in [0.29, 0.717) is 0 Å². The fourth-order valence-electron chi connectivity index (χ4n) is 13.0. The summed E-state index contributed by atoms with van der Waals surface area (Å²) in [4.78, 5) is 7.80. The summed E-state index contributed by atoms with van der Waals surface area (Å²) in [7, 11) is 0. The lowest BCUT2D eigenvalue weighted by molar-refractivity contribution is 0.195. The maximum atomic E-state index is 6.94. The zero-order chi connectivity index (χ0) is 43.9. The number of anilines is 8. The second kappa shape index (κ2) is 13.8. The summed E-state index contributed by atoms with van der Waals surface area (Å²) < 4.78 is 6.94. The largest absolute Gasteiger partial charge is 0.454 e. The summed E-state index contributed by atoms with van der Waals surface area (Å²) in [6.45, 7) is 7.46. The molecule has 5 heteroatoms. The molecule has 316 valence electrons. The van der Waals surface area contributed by atoms with E-state index in [1.54, 1.807) is 0 Å². The van der Waals surface area contributed by atoms with E-state index in [2.05, 4.69) is 224 Å². The molecule has 0 N–H and O–H groups in total. The third-order valence-electron chi connectivity index (χ3n) is 16.2. The molecule has 0 spiro atoms. The van der Waals surface area contributed by atoms with Crippen LogP contribution in [0.3, 0.4) is 0 Å². The Balaban J connectivity index is 1.04. The quantitative estimate of drug-likeness (QED) is 0.161. The first-order valence-electron chi connectivity index (χ1n) is 23.8. The van der Waals surface area contributed by atoms with Crippen LogP contribution in [-0.4, -0.2) is 12.3 Å².